The van der Waals surface area contributed by atoms with Crippen LogP contribution in [0.25, 0.3) is 0 Å². The number of rotatable bonds is 3. The summed E-state index contributed by atoms with van der Waals surface area (Å²) in [5, 5.41) is 11.6. The lowest BCUT2D eigenvalue weighted by Gasteiger charge is -2.37. The Morgan fingerprint density at radius 1 is 1.55 bits per heavy atom. The Morgan fingerprint density at radius 2 is 2.40 bits per heavy atom. The van der Waals surface area contributed by atoms with Crippen LogP contribution in [0, 0.1) is 0 Å². The first kappa shape index (κ1) is 13.2. The maximum absolute atomic E-state index is 11.7. The zero-order valence-electron chi connectivity index (χ0n) is 11.1. The highest BCUT2D eigenvalue weighted by atomic mass is 32.1. The summed E-state index contributed by atoms with van der Waals surface area (Å²) in [6.45, 7) is 2.71. The Balaban J connectivity index is 1.95. The summed E-state index contributed by atoms with van der Waals surface area (Å²) < 4.78 is 0. The van der Waals surface area contributed by atoms with Gasteiger partial charge in [0, 0.05) is 30.0 Å². The number of thiophene rings is 1. The maximum Gasteiger partial charge on any atom is 0.325 e. The molecule has 2 aromatic rings. The van der Waals surface area contributed by atoms with E-state index in [4.69, 9.17) is 0 Å². The van der Waals surface area contributed by atoms with Crippen LogP contribution < -0.4 is 0 Å². The lowest BCUT2D eigenvalue weighted by atomic mass is 9.97. The Hall–Kier alpha value is -1.79. The molecule has 0 aliphatic carbocycles. The van der Waals surface area contributed by atoms with Gasteiger partial charge in [-0.2, -0.15) is 0 Å². The molecule has 5 nitrogen and oxygen atoms in total. The molecule has 0 bridgehead atoms. The minimum absolute atomic E-state index is 0.0714. The summed E-state index contributed by atoms with van der Waals surface area (Å²) in [5.41, 5.74) is 1.72. The summed E-state index contributed by atoms with van der Waals surface area (Å²) in [7, 11) is 0. The molecule has 3 rings (SSSR count). The van der Waals surface area contributed by atoms with E-state index >= 15 is 0 Å². The monoisotopic (exact) mass is 289 g/mol. The number of carbonyl (C=O) groups is 1. The molecule has 2 aromatic heterocycles. The van der Waals surface area contributed by atoms with Crippen molar-refractivity contribution in [1.82, 2.24) is 14.9 Å². The van der Waals surface area contributed by atoms with Crippen molar-refractivity contribution < 1.29 is 9.90 Å². The van der Waals surface area contributed by atoms with Gasteiger partial charge in [0.25, 0.3) is 0 Å². The third kappa shape index (κ3) is 2.21. The normalized spacial score (nSPS) is 20.4. The highest BCUT2D eigenvalue weighted by Crippen LogP contribution is 2.37. The standard InChI is InChI=1S/C14H15N3O2S/c1-9(11-8-15-4-5-16-11)17-6-2-12-10(3-7-20-12)13(17)14(18)19/h3-5,7-9,13H,2,6H2,1H3,(H,18,19). The van der Waals surface area contributed by atoms with Crippen molar-refractivity contribution in [2.75, 3.05) is 6.54 Å². The van der Waals surface area contributed by atoms with Crippen LogP contribution in [-0.4, -0.2) is 32.5 Å². The third-order valence-corrected chi connectivity index (χ3v) is 4.74. The molecule has 1 aliphatic rings. The third-order valence-electron chi connectivity index (χ3n) is 3.75. The lowest BCUT2D eigenvalue weighted by Crippen LogP contribution is -2.40. The van der Waals surface area contributed by atoms with Crippen LogP contribution in [0.5, 0.6) is 0 Å². The quantitative estimate of drug-likeness (QED) is 0.939. The second-order valence-corrected chi connectivity index (χ2v) is 5.83. The minimum atomic E-state index is -0.805. The van der Waals surface area contributed by atoms with E-state index in [-0.39, 0.29) is 6.04 Å². The molecule has 1 N–H and O–H groups in total. The van der Waals surface area contributed by atoms with Gasteiger partial charge in [0.15, 0.2) is 0 Å². The number of carboxylic acids is 1. The predicted octanol–water partition coefficient (Wildman–Crippen LogP) is 2.28. The van der Waals surface area contributed by atoms with E-state index in [0.717, 1.165) is 24.2 Å². The molecule has 20 heavy (non-hydrogen) atoms. The van der Waals surface area contributed by atoms with Gasteiger partial charge >= 0.3 is 5.97 Å². The number of carboxylic acid groups (broad SMARTS) is 1. The molecule has 3 heterocycles. The topological polar surface area (TPSA) is 66.3 Å². The van der Waals surface area contributed by atoms with Crippen LogP contribution in [0.4, 0.5) is 0 Å². The highest BCUT2D eigenvalue weighted by molar-refractivity contribution is 7.10. The van der Waals surface area contributed by atoms with Crippen molar-refractivity contribution in [3.8, 4) is 0 Å². The van der Waals surface area contributed by atoms with E-state index in [2.05, 4.69) is 9.97 Å². The van der Waals surface area contributed by atoms with E-state index in [1.807, 2.05) is 23.3 Å². The summed E-state index contributed by atoms with van der Waals surface area (Å²) in [6.07, 6.45) is 5.85. The van der Waals surface area contributed by atoms with Gasteiger partial charge < -0.3 is 5.11 Å². The molecule has 2 unspecified atom stereocenters. The molecular formula is C14H15N3O2S. The SMILES string of the molecule is CC(c1cnccn1)N1CCc2sccc2C1C(=O)O. The van der Waals surface area contributed by atoms with Crippen LogP contribution in [-0.2, 0) is 11.2 Å². The van der Waals surface area contributed by atoms with E-state index in [9.17, 15) is 9.90 Å². The Morgan fingerprint density at radius 3 is 3.10 bits per heavy atom. The molecule has 0 aromatic carbocycles. The second kappa shape index (κ2) is 5.30. The fraction of sp³-hybridized carbons (Fsp3) is 0.357. The number of aromatic nitrogens is 2. The highest BCUT2D eigenvalue weighted by Gasteiger charge is 2.36. The first-order valence-electron chi connectivity index (χ1n) is 6.49. The Kier molecular flexibility index (Phi) is 3.50. The lowest BCUT2D eigenvalue weighted by molar-refractivity contribution is -0.145. The zero-order chi connectivity index (χ0) is 14.1. The second-order valence-electron chi connectivity index (χ2n) is 4.83. The van der Waals surface area contributed by atoms with Gasteiger partial charge in [-0.05, 0) is 30.4 Å². The van der Waals surface area contributed by atoms with E-state index < -0.39 is 12.0 Å². The summed E-state index contributed by atoms with van der Waals surface area (Å²) in [4.78, 5) is 23.2. The van der Waals surface area contributed by atoms with Gasteiger partial charge in [-0.3, -0.25) is 19.7 Å². The number of hydrogen-bond donors (Lipinski definition) is 1. The van der Waals surface area contributed by atoms with Crippen LogP contribution >= 0.6 is 11.3 Å². The predicted molar refractivity (Wildman–Crippen MR) is 75.6 cm³/mol. The van der Waals surface area contributed by atoms with Gasteiger partial charge in [-0.25, -0.2) is 0 Å². The van der Waals surface area contributed by atoms with Crippen molar-refractivity contribution in [3.63, 3.8) is 0 Å². The Bertz CT molecular complexity index is 614. The molecular weight excluding hydrogens is 274 g/mol. The number of hydrogen-bond acceptors (Lipinski definition) is 5. The Labute approximate surface area is 120 Å². The summed E-state index contributed by atoms with van der Waals surface area (Å²) >= 11 is 1.64. The molecule has 0 amide bonds. The summed E-state index contributed by atoms with van der Waals surface area (Å²) in [5.74, 6) is -0.805. The minimum Gasteiger partial charge on any atom is -0.480 e. The first-order chi connectivity index (χ1) is 9.68. The molecule has 0 spiro atoms. The van der Waals surface area contributed by atoms with Crippen LogP contribution in [0.1, 0.15) is 35.1 Å². The fourth-order valence-corrected chi connectivity index (χ4v) is 3.63. The van der Waals surface area contributed by atoms with Crippen molar-refractivity contribution in [3.05, 3.63) is 46.2 Å². The summed E-state index contributed by atoms with van der Waals surface area (Å²) in [6, 6.07) is 1.26. The zero-order valence-corrected chi connectivity index (χ0v) is 11.9. The van der Waals surface area contributed by atoms with Gasteiger partial charge in [0.2, 0.25) is 0 Å². The van der Waals surface area contributed by atoms with Gasteiger partial charge in [0.1, 0.15) is 6.04 Å². The van der Waals surface area contributed by atoms with Crippen molar-refractivity contribution in [2.24, 2.45) is 0 Å². The van der Waals surface area contributed by atoms with Crippen molar-refractivity contribution in [1.29, 1.82) is 0 Å². The largest absolute Gasteiger partial charge is 0.480 e. The van der Waals surface area contributed by atoms with Gasteiger partial charge in [-0.1, -0.05) is 0 Å². The van der Waals surface area contributed by atoms with Crippen molar-refractivity contribution >= 4 is 17.3 Å². The van der Waals surface area contributed by atoms with Crippen molar-refractivity contribution in [2.45, 2.75) is 25.4 Å². The fourth-order valence-electron chi connectivity index (χ4n) is 2.72. The first-order valence-corrected chi connectivity index (χ1v) is 7.37. The van der Waals surface area contributed by atoms with Gasteiger partial charge in [-0.15, -0.1) is 11.3 Å². The molecule has 1 aliphatic heterocycles. The smallest absolute Gasteiger partial charge is 0.325 e. The van der Waals surface area contributed by atoms with Gasteiger partial charge in [0.05, 0.1) is 11.7 Å². The van der Waals surface area contributed by atoms with E-state index in [0.29, 0.717) is 0 Å². The average molecular weight is 289 g/mol. The van der Waals surface area contributed by atoms with E-state index in [1.54, 1.807) is 29.9 Å². The molecule has 0 saturated carbocycles. The molecule has 0 fully saturated rings. The van der Waals surface area contributed by atoms with Crippen LogP contribution in [0.2, 0.25) is 0 Å². The number of nitrogens with zero attached hydrogens (tertiary/aromatic N) is 3. The molecule has 0 saturated heterocycles. The number of fused-ring (bicyclic) bond motifs is 1. The van der Waals surface area contributed by atoms with Crippen LogP contribution in [0.3, 0.4) is 0 Å². The molecule has 2 atom stereocenters. The van der Waals surface area contributed by atoms with E-state index in [1.165, 1.54) is 4.88 Å². The maximum atomic E-state index is 11.7. The number of aliphatic carboxylic acids is 1. The van der Waals surface area contributed by atoms with Crippen LogP contribution in [0.15, 0.2) is 30.0 Å². The molecule has 104 valence electrons. The molecule has 0 radical (unpaired) electrons. The average Bonchev–Trinajstić information content (AvgIpc) is 2.94. The molecule has 6 heteroatoms.